The number of carbonyl (C=O) groups excluding carboxylic acids is 2. The number of hydrogen-bond donors (Lipinski definition) is 1. The summed E-state index contributed by atoms with van der Waals surface area (Å²) in [4.78, 5) is 27.4. The summed E-state index contributed by atoms with van der Waals surface area (Å²) in [6.07, 6.45) is 0.415. The van der Waals surface area contributed by atoms with Gasteiger partial charge in [0.15, 0.2) is 6.61 Å². The van der Waals surface area contributed by atoms with Crippen LogP contribution in [0.1, 0.15) is 32.8 Å². The molecule has 2 rings (SSSR count). The first-order valence-corrected chi connectivity index (χ1v) is 10.8. The minimum atomic E-state index is -0.706. The average molecular weight is 472 g/mol. The fourth-order valence-corrected chi connectivity index (χ4v) is 3.65. The van der Waals surface area contributed by atoms with Crippen molar-refractivity contribution < 1.29 is 14.3 Å². The Balaban J connectivity index is 2.30. The summed E-state index contributed by atoms with van der Waals surface area (Å²) in [5.74, 6) is -0.235. The van der Waals surface area contributed by atoms with E-state index in [-0.39, 0.29) is 31.0 Å². The number of benzene rings is 2. The van der Waals surface area contributed by atoms with Gasteiger partial charge < -0.3 is 15.0 Å². The summed E-state index contributed by atoms with van der Waals surface area (Å²) >= 11 is 18.7. The topological polar surface area (TPSA) is 58.6 Å². The van der Waals surface area contributed by atoms with Crippen LogP contribution in [-0.2, 0) is 16.1 Å². The Bertz CT molecular complexity index is 869. The molecule has 162 valence electrons. The fourth-order valence-electron chi connectivity index (χ4n) is 2.94. The van der Waals surface area contributed by atoms with Crippen LogP contribution in [0.2, 0.25) is 15.1 Å². The lowest BCUT2D eigenvalue weighted by Gasteiger charge is -2.31. The summed E-state index contributed by atoms with van der Waals surface area (Å²) in [7, 11) is 0. The summed E-state index contributed by atoms with van der Waals surface area (Å²) in [6, 6.07) is 11.2. The number of para-hydroxylation sites is 1. The van der Waals surface area contributed by atoms with Crippen molar-refractivity contribution in [2.45, 2.75) is 45.8 Å². The molecule has 0 heterocycles. The maximum Gasteiger partial charge on any atom is 0.261 e. The first-order chi connectivity index (χ1) is 14.2. The normalized spacial score (nSPS) is 11.8. The molecule has 0 saturated heterocycles. The van der Waals surface area contributed by atoms with Crippen LogP contribution in [0.25, 0.3) is 0 Å². The number of halogens is 3. The fraction of sp³-hybridized carbons (Fsp3) is 0.364. The molecule has 30 heavy (non-hydrogen) atoms. The second kappa shape index (κ2) is 11.4. The highest BCUT2D eigenvalue weighted by Gasteiger charge is 2.30. The Morgan fingerprint density at radius 3 is 2.17 bits per heavy atom. The molecule has 0 radical (unpaired) electrons. The first kappa shape index (κ1) is 24.3. The van der Waals surface area contributed by atoms with Gasteiger partial charge >= 0.3 is 0 Å². The van der Waals surface area contributed by atoms with E-state index < -0.39 is 6.04 Å². The van der Waals surface area contributed by atoms with Gasteiger partial charge in [0, 0.05) is 28.2 Å². The molecule has 2 aromatic rings. The van der Waals surface area contributed by atoms with Crippen molar-refractivity contribution in [3.05, 3.63) is 63.1 Å². The average Bonchev–Trinajstić information content (AvgIpc) is 2.68. The third-order valence-electron chi connectivity index (χ3n) is 4.39. The van der Waals surface area contributed by atoms with Gasteiger partial charge in [-0.15, -0.1) is 0 Å². The molecule has 1 unspecified atom stereocenters. The molecule has 5 nitrogen and oxygen atoms in total. The minimum absolute atomic E-state index is 0.0632. The van der Waals surface area contributed by atoms with Crippen LogP contribution < -0.4 is 10.1 Å². The second-order valence-corrected chi connectivity index (χ2v) is 8.25. The zero-order valence-electron chi connectivity index (χ0n) is 17.1. The van der Waals surface area contributed by atoms with Crippen LogP contribution in [0.5, 0.6) is 5.75 Å². The summed E-state index contributed by atoms with van der Waals surface area (Å²) in [6.45, 7) is 5.36. The Morgan fingerprint density at radius 1 is 1.00 bits per heavy atom. The number of rotatable bonds is 9. The van der Waals surface area contributed by atoms with E-state index in [4.69, 9.17) is 39.5 Å². The Labute approximate surface area is 192 Å². The van der Waals surface area contributed by atoms with Crippen molar-refractivity contribution in [3.63, 3.8) is 0 Å². The molecular formula is C22H25Cl3N2O3. The highest BCUT2D eigenvalue weighted by molar-refractivity contribution is 6.36. The van der Waals surface area contributed by atoms with E-state index in [1.807, 2.05) is 20.8 Å². The van der Waals surface area contributed by atoms with Gasteiger partial charge in [0.05, 0.1) is 5.02 Å². The second-order valence-electron chi connectivity index (χ2n) is 7.03. The Kier molecular flexibility index (Phi) is 9.28. The van der Waals surface area contributed by atoms with E-state index in [1.54, 1.807) is 42.5 Å². The lowest BCUT2D eigenvalue weighted by molar-refractivity contribution is -0.143. The van der Waals surface area contributed by atoms with Crippen molar-refractivity contribution in [1.82, 2.24) is 10.2 Å². The van der Waals surface area contributed by atoms with Gasteiger partial charge in [0.1, 0.15) is 11.8 Å². The SMILES string of the molecule is CCC(C(=O)NC(C)C)N(Cc1c(Cl)cccc1Cl)C(=O)COc1ccccc1Cl. The van der Waals surface area contributed by atoms with Crippen LogP contribution in [0.3, 0.4) is 0 Å². The Morgan fingerprint density at radius 2 is 1.60 bits per heavy atom. The number of carbonyl (C=O) groups is 2. The molecule has 0 spiro atoms. The lowest BCUT2D eigenvalue weighted by Crippen LogP contribution is -2.51. The maximum atomic E-state index is 13.1. The van der Waals surface area contributed by atoms with Crippen LogP contribution in [0.4, 0.5) is 0 Å². The third-order valence-corrected chi connectivity index (χ3v) is 5.42. The van der Waals surface area contributed by atoms with Crippen molar-refractivity contribution >= 4 is 46.6 Å². The summed E-state index contributed by atoms with van der Waals surface area (Å²) in [5, 5.41) is 4.11. The number of hydrogen-bond acceptors (Lipinski definition) is 3. The number of ether oxygens (including phenoxy) is 1. The predicted molar refractivity (Wildman–Crippen MR) is 121 cm³/mol. The minimum Gasteiger partial charge on any atom is -0.482 e. The molecule has 2 aromatic carbocycles. The zero-order chi connectivity index (χ0) is 22.3. The molecule has 0 fully saturated rings. The standard InChI is InChI=1S/C22H25Cl3N2O3/c1-4-19(22(29)26-14(2)3)27(12-15-16(23)9-7-10-17(15)24)21(28)13-30-20-11-6-5-8-18(20)25/h5-11,14,19H,4,12-13H2,1-3H3,(H,26,29). The van der Waals surface area contributed by atoms with E-state index in [2.05, 4.69) is 5.32 Å². The van der Waals surface area contributed by atoms with Gasteiger partial charge in [-0.3, -0.25) is 9.59 Å². The molecule has 0 aliphatic heterocycles. The van der Waals surface area contributed by atoms with E-state index in [0.717, 1.165) is 0 Å². The molecule has 1 atom stereocenters. The molecule has 0 aromatic heterocycles. The van der Waals surface area contributed by atoms with Crippen molar-refractivity contribution in [2.24, 2.45) is 0 Å². The largest absolute Gasteiger partial charge is 0.482 e. The predicted octanol–water partition coefficient (Wildman–Crippen LogP) is 5.36. The molecule has 1 N–H and O–H groups in total. The smallest absolute Gasteiger partial charge is 0.261 e. The molecule has 0 aliphatic carbocycles. The Hall–Kier alpha value is -1.95. The molecule has 0 bridgehead atoms. The number of amides is 2. The summed E-state index contributed by atoms with van der Waals surface area (Å²) < 4.78 is 5.61. The highest BCUT2D eigenvalue weighted by Crippen LogP contribution is 2.27. The van der Waals surface area contributed by atoms with E-state index in [1.165, 1.54) is 4.90 Å². The third kappa shape index (κ3) is 6.53. The van der Waals surface area contributed by atoms with Crippen LogP contribution in [-0.4, -0.2) is 35.4 Å². The molecule has 2 amide bonds. The zero-order valence-corrected chi connectivity index (χ0v) is 19.4. The van der Waals surface area contributed by atoms with Gasteiger partial charge in [-0.25, -0.2) is 0 Å². The molecule has 0 aliphatic rings. The van der Waals surface area contributed by atoms with Crippen LogP contribution >= 0.6 is 34.8 Å². The van der Waals surface area contributed by atoms with E-state index in [9.17, 15) is 9.59 Å². The first-order valence-electron chi connectivity index (χ1n) is 9.64. The van der Waals surface area contributed by atoms with Gasteiger partial charge in [0.25, 0.3) is 5.91 Å². The van der Waals surface area contributed by atoms with Gasteiger partial charge in [-0.2, -0.15) is 0 Å². The van der Waals surface area contributed by atoms with E-state index in [0.29, 0.717) is 32.8 Å². The lowest BCUT2D eigenvalue weighted by atomic mass is 10.1. The van der Waals surface area contributed by atoms with Gasteiger partial charge in [0.2, 0.25) is 5.91 Å². The molecule has 8 heteroatoms. The molecule has 0 saturated carbocycles. The maximum absolute atomic E-state index is 13.1. The van der Waals surface area contributed by atoms with E-state index >= 15 is 0 Å². The quantitative estimate of drug-likeness (QED) is 0.536. The van der Waals surface area contributed by atoms with Gasteiger partial charge in [-0.05, 0) is 44.5 Å². The number of nitrogens with one attached hydrogen (secondary N) is 1. The highest BCUT2D eigenvalue weighted by atomic mass is 35.5. The van der Waals surface area contributed by atoms with Crippen molar-refractivity contribution in [2.75, 3.05) is 6.61 Å². The van der Waals surface area contributed by atoms with Crippen LogP contribution in [0.15, 0.2) is 42.5 Å². The van der Waals surface area contributed by atoms with Crippen LogP contribution in [0, 0.1) is 0 Å². The molecular weight excluding hydrogens is 447 g/mol. The van der Waals surface area contributed by atoms with Crippen molar-refractivity contribution in [3.8, 4) is 5.75 Å². The number of nitrogens with zero attached hydrogens (tertiary/aromatic N) is 1. The van der Waals surface area contributed by atoms with Gasteiger partial charge in [-0.1, -0.05) is 59.9 Å². The van der Waals surface area contributed by atoms with Crippen molar-refractivity contribution in [1.29, 1.82) is 0 Å². The monoisotopic (exact) mass is 470 g/mol. The summed E-state index contributed by atoms with van der Waals surface area (Å²) in [5.41, 5.74) is 0.572.